The molecule has 0 aliphatic heterocycles. The number of carboxylic acid groups (broad SMARTS) is 1. The van der Waals surface area contributed by atoms with E-state index in [1.807, 2.05) is 0 Å². The molecule has 1 aromatic heterocycles. The van der Waals surface area contributed by atoms with Crippen LogP contribution in [0.5, 0.6) is 0 Å². The fourth-order valence-corrected chi connectivity index (χ4v) is 1.43. The van der Waals surface area contributed by atoms with Gasteiger partial charge in [-0.05, 0) is 0 Å². The minimum absolute atomic E-state index is 0.00501. The fraction of sp³-hybridized carbons (Fsp3) is 0.545. The average Bonchev–Trinajstić information content (AvgIpc) is 2.90. The highest BCUT2D eigenvalue weighted by Gasteiger charge is 2.20. The summed E-state index contributed by atoms with van der Waals surface area (Å²) in [5.74, 6) is -1.20. The molecule has 0 unspecified atom stereocenters. The number of imidazole rings is 1. The summed E-state index contributed by atoms with van der Waals surface area (Å²) >= 11 is 0. The Labute approximate surface area is 118 Å². The number of ether oxygens (including phenoxy) is 1. The first kappa shape index (κ1) is 16.8. The number of aliphatic carboxylic acids is 1. The van der Waals surface area contributed by atoms with E-state index >= 15 is 0 Å². The molecule has 21 heavy (non-hydrogen) atoms. The quantitative estimate of drug-likeness (QED) is 0.479. The van der Waals surface area contributed by atoms with Gasteiger partial charge in [-0.15, -0.1) is 0 Å². The second-order valence-corrected chi connectivity index (χ2v) is 4.04. The Kier molecular flexibility index (Phi) is 7.09. The number of carboxylic acids is 1. The zero-order chi connectivity index (χ0) is 15.7. The van der Waals surface area contributed by atoms with E-state index in [0.717, 1.165) is 0 Å². The zero-order valence-corrected chi connectivity index (χ0v) is 11.0. The van der Waals surface area contributed by atoms with Gasteiger partial charge in [0.05, 0.1) is 12.9 Å². The van der Waals surface area contributed by atoms with Gasteiger partial charge in [0, 0.05) is 24.9 Å². The predicted octanol–water partition coefficient (Wildman–Crippen LogP) is -0.0137. The molecule has 8 nitrogen and oxygen atoms in total. The maximum absolute atomic E-state index is 11.8. The van der Waals surface area contributed by atoms with Crippen molar-refractivity contribution in [2.75, 3.05) is 19.8 Å². The number of aromatic nitrogens is 2. The van der Waals surface area contributed by atoms with Crippen molar-refractivity contribution in [3.63, 3.8) is 0 Å². The topological polar surface area (TPSA) is 116 Å². The molecule has 1 aromatic rings. The number of hydrogen-bond acceptors (Lipinski definition) is 4. The highest BCUT2D eigenvalue weighted by atomic mass is 19.3. The summed E-state index contributed by atoms with van der Waals surface area (Å²) < 4.78 is 28.1. The van der Waals surface area contributed by atoms with Gasteiger partial charge < -0.3 is 25.5 Å². The normalized spacial score (nSPS) is 12.1. The molecule has 1 rings (SSSR count). The van der Waals surface area contributed by atoms with Crippen LogP contribution in [0.3, 0.4) is 0 Å². The van der Waals surface area contributed by atoms with Gasteiger partial charge >= 0.3 is 12.0 Å². The largest absolute Gasteiger partial charge is 0.480 e. The number of carbonyl (C=O) groups is 2. The van der Waals surface area contributed by atoms with Crippen LogP contribution in [0.1, 0.15) is 5.69 Å². The highest BCUT2D eigenvalue weighted by molar-refractivity contribution is 5.82. The monoisotopic (exact) mass is 306 g/mol. The molecule has 0 fully saturated rings. The van der Waals surface area contributed by atoms with Crippen molar-refractivity contribution in [2.45, 2.75) is 18.9 Å². The molecular formula is C11H16F2N4O4. The smallest absolute Gasteiger partial charge is 0.326 e. The van der Waals surface area contributed by atoms with Crippen molar-refractivity contribution in [3.05, 3.63) is 18.2 Å². The molecule has 0 saturated carbocycles. The molecule has 0 aliphatic carbocycles. The summed E-state index contributed by atoms with van der Waals surface area (Å²) in [6.45, 7) is -0.800. The molecule has 1 heterocycles. The number of carbonyl (C=O) groups excluding carboxylic acids is 1. The average molecular weight is 306 g/mol. The lowest BCUT2D eigenvalue weighted by molar-refractivity contribution is -0.139. The van der Waals surface area contributed by atoms with Crippen molar-refractivity contribution >= 4 is 12.0 Å². The lowest BCUT2D eigenvalue weighted by Gasteiger charge is -2.14. The van der Waals surface area contributed by atoms with Crippen LogP contribution in [0.4, 0.5) is 13.6 Å². The number of hydrogen-bond donors (Lipinski definition) is 4. The number of amides is 2. The lowest BCUT2D eigenvalue weighted by Crippen LogP contribution is -2.47. The van der Waals surface area contributed by atoms with Gasteiger partial charge in [0.25, 0.3) is 6.43 Å². The Balaban J connectivity index is 2.27. The van der Waals surface area contributed by atoms with Crippen LogP contribution in [0.25, 0.3) is 0 Å². The van der Waals surface area contributed by atoms with Crippen LogP contribution in [0.2, 0.25) is 0 Å². The molecule has 0 aromatic carbocycles. The van der Waals surface area contributed by atoms with Gasteiger partial charge in [-0.3, -0.25) is 0 Å². The van der Waals surface area contributed by atoms with Crippen LogP contribution in [-0.4, -0.2) is 59.3 Å². The molecule has 0 aliphatic rings. The number of halogens is 2. The van der Waals surface area contributed by atoms with Crippen LogP contribution in [0.15, 0.2) is 12.5 Å². The summed E-state index contributed by atoms with van der Waals surface area (Å²) in [6, 6.07) is -1.85. The Hall–Kier alpha value is -2.23. The Morgan fingerprint density at radius 2 is 2.24 bits per heavy atom. The molecule has 1 atom stereocenters. The number of H-pyrrole nitrogens is 1. The SMILES string of the molecule is O=C(NCCOCC(F)F)N[C@H](Cc1cnc[nH]1)C(=O)O. The van der Waals surface area contributed by atoms with Crippen LogP contribution >= 0.6 is 0 Å². The maximum atomic E-state index is 11.8. The first-order valence-electron chi connectivity index (χ1n) is 6.09. The number of nitrogens with zero attached hydrogens (tertiary/aromatic N) is 1. The Bertz CT molecular complexity index is 441. The van der Waals surface area contributed by atoms with E-state index in [-0.39, 0.29) is 19.6 Å². The summed E-state index contributed by atoms with van der Waals surface area (Å²) in [6.07, 6.45) is 0.331. The van der Waals surface area contributed by atoms with Crippen molar-refractivity contribution in [1.29, 1.82) is 0 Å². The summed E-state index contributed by atoms with van der Waals surface area (Å²) in [4.78, 5) is 29.0. The van der Waals surface area contributed by atoms with Gasteiger partial charge in [0.1, 0.15) is 12.6 Å². The third kappa shape index (κ3) is 7.20. The lowest BCUT2D eigenvalue weighted by atomic mass is 10.2. The summed E-state index contributed by atoms with van der Waals surface area (Å²) in [5.41, 5.74) is 0.558. The van der Waals surface area contributed by atoms with Crippen LogP contribution in [-0.2, 0) is 16.0 Å². The second kappa shape index (κ2) is 8.84. The minimum atomic E-state index is -2.57. The van der Waals surface area contributed by atoms with Crippen LogP contribution in [0, 0.1) is 0 Å². The van der Waals surface area contributed by atoms with E-state index in [1.54, 1.807) is 0 Å². The third-order valence-corrected chi connectivity index (χ3v) is 2.36. The fourth-order valence-electron chi connectivity index (χ4n) is 1.43. The third-order valence-electron chi connectivity index (χ3n) is 2.36. The number of urea groups is 1. The molecule has 0 spiro atoms. The molecule has 10 heteroatoms. The predicted molar refractivity (Wildman–Crippen MR) is 67.1 cm³/mol. The molecule has 0 bridgehead atoms. The van der Waals surface area contributed by atoms with Gasteiger partial charge in [0.2, 0.25) is 0 Å². The number of aromatic amines is 1. The summed E-state index contributed by atoms with van der Waals surface area (Å²) in [5, 5.41) is 13.6. The number of nitrogens with one attached hydrogen (secondary N) is 3. The van der Waals surface area contributed by atoms with Gasteiger partial charge in [-0.2, -0.15) is 0 Å². The van der Waals surface area contributed by atoms with Crippen LogP contribution < -0.4 is 10.6 Å². The maximum Gasteiger partial charge on any atom is 0.326 e. The van der Waals surface area contributed by atoms with Crippen molar-refractivity contribution in [1.82, 2.24) is 20.6 Å². The minimum Gasteiger partial charge on any atom is -0.480 e. The summed E-state index contributed by atoms with van der Waals surface area (Å²) in [7, 11) is 0. The Morgan fingerprint density at radius 1 is 1.48 bits per heavy atom. The molecular weight excluding hydrogens is 290 g/mol. The van der Waals surface area contributed by atoms with Gasteiger partial charge in [-0.1, -0.05) is 0 Å². The standard InChI is InChI=1S/C11H16F2N4O4/c12-9(13)5-21-2-1-15-11(20)17-8(10(18)19)3-7-4-14-6-16-7/h4,6,8-9H,1-3,5H2,(H,14,16)(H,18,19)(H2,15,17,20)/t8-/m1/s1. The molecule has 4 N–H and O–H groups in total. The van der Waals surface area contributed by atoms with E-state index in [0.29, 0.717) is 5.69 Å². The van der Waals surface area contributed by atoms with E-state index in [4.69, 9.17) is 5.11 Å². The van der Waals surface area contributed by atoms with Gasteiger partial charge in [0.15, 0.2) is 0 Å². The molecule has 2 amide bonds. The van der Waals surface area contributed by atoms with E-state index in [9.17, 15) is 18.4 Å². The van der Waals surface area contributed by atoms with Crippen molar-refractivity contribution in [2.24, 2.45) is 0 Å². The number of alkyl halides is 2. The first-order chi connectivity index (χ1) is 9.99. The van der Waals surface area contributed by atoms with E-state index in [2.05, 4.69) is 25.3 Å². The molecule has 118 valence electrons. The van der Waals surface area contributed by atoms with Crippen molar-refractivity contribution < 1.29 is 28.2 Å². The van der Waals surface area contributed by atoms with E-state index < -0.39 is 31.1 Å². The number of rotatable bonds is 9. The Morgan fingerprint density at radius 3 is 2.81 bits per heavy atom. The van der Waals surface area contributed by atoms with E-state index in [1.165, 1.54) is 12.5 Å². The second-order valence-electron chi connectivity index (χ2n) is 4.04. The molecule has 0 saturated heterocycles. The molecule has 0 radical (unpaired) electrons. The highest BCUT2D eigenvalue weighted by Crippen LogP contribution is 1.98. The zero-order valence-electron chi connectivity index (χ0n) is 11.0. The van der Waals surface area contributed by atoms with Crippen molar-refractivity contribution in [3.8, 4) is 0 Å². The first-order valence-corrected chi connectivity index (χ1v) is 6.09. The van der Waals surface area contributed by atoms with Gasteiger partial charge in [-0.25, -0.2) is 23.4 Å².